The average molecular weight is 277 g/mol. The predicted molar refractivity (Wildman–Crippen MR) is 74.5 cm³/mol. The quantitative estimate of drug-likeness (QED) is 0.811. The maximum absolute atomic E-state index is 10.5. The Morgan fingerprint density at radius 2 is 2.11 bits per heavy atom. The summed E-state index contributed by atoms with van der Waals surface area (Å²) in [4.78, 5) is 18.8. The summed E-state index contributed by atoms with van der Waals surface area (Å²) in [5, 5.41) is 14.6. The van der Waals surface area contributed by atoms with Gasteiger partial charge in [0.05, 0.1) is 12.1 Å². The fourth-order valence-electron chi connectivity index (χ4n) is 1.60. The van der Waals surface area contributed by atoms with Crippen molar-refractivity contribution in [3.63, 3.8) is 0 Å². The summed E-state index contributed by atoms with van der Waals surface area (Å²) in [5.74, 6) is -0.791. The second-order valence-corrected chi connectivity index (χ2v) is 4.93. The number of nitrogens with zero attached hydrogens (tertiary/aromatic N) is 2. The van der Waals surface area contributed by atoms with E-state index in [0.29, 0.717) is 6.42 Å². The standard InChI is InChI=1S/C13H15N3O2S/c17-12(18)2-1-11-9-19-13(16-11)15-8-5-10-3-6-14-7-4-10/h3-4,6-7,9H,1-2,5,8H2,(H,15,16)(H,17,18). The topological polar surface area (TPSA) is 75.1 Å². The maximum atomic E-state index is 10.5. The number of carboxylic acid groups (broad SMARTS) is 1. The van der Waals surface area contributed by atoms with E-state index in [2.05, 4.69) is 15.3 Å². The number of hydrogen-bond donors (Lipinski definition) is 2. The monoisotopic (exact) mass is 277 g/mol. The van der Waals surface area contributed by atoms with Crippen molar-refractivity contribution in [2.45, 2.75) is 19.3 Å². The van der Waals surface area contributed by atoms with Crippen molar-refractivity contribution < 1.29 is 9.90 Å². The smallest absolute Gasteiger partial charge is 0.303 e. The Labute approximate surface area is 115 Å². The maximum Gasteiger partial charge on any atom is 0.303 e. The van der Waals surface area contributed by atoms with Crippen LogP contribution in [0.4, 0.5) is 5.13 Å². The molecule has 2 aromatic rings. The van der Waals surface area contributed by atoms with Gasteiger partial charge in [0.15, 0.2) is 5.13 Å². The van der Waals surface area contributed by atoms with E-state index in [1.165, 1.54) is 16.9 Å². The molecule has 0 aliphatic heterocycles. The highest BCUT2D eigenvalue weighted by Gasteiger charge is 2.04. The molecule has 0 unspecified atom stereocenters. The van der Waals surface area contributed by atoms with Gasteiger partial charge in [-0.1, -0.05) is 0 Å². The summed E-state index contributed by atoms with van der Waals surface area (Å²) >= 11 is 1.51. The van der Waals surface area contributed by atoms with Gasteiger partial charge < -0.3 is 10.4 Å². The summed E-state index contributed by atoms with van der Waals surface area (Å²) in [7, 11) is 0. The minimum Gasteiger partial charge on any atom is -0.481 e. The van der Waals surface area contributed by atoms with Gasteiger partial charge in [0.1, 0.15) is 0 Å². The largest absolute Gasteiger partial charge is 0.481 e. The molecule has 2 rings (SSSR count). The molecule has 0 saturated heterocycles. The van der Waals surface area contributed by atoms with Crippen molar-refractivity contribution in [3.05, 3.63) is 41.2 Å². The van der Waals surface area contributed by atoms with E-state index in [-0.39, 0.29) is 6.42 Å². The minimum absolute atomic E-state index is 0.125. The number of carbonyl (C=O) groups is 1. The highest BCUT2D eigenvalue weighted by atomic mass is 32.1. The molecule has 2 heterocycles. The lowest BCUT2D eigenvalue weighted by molar-refractivity contribution is -0.136. The molecule has 0 fully saturated rings. The van der Waals surface area contributed by atoms with Crippen molar-refractivity contribution in [2.75, 3.05) is 11.9 Å². The zero-order valence-electron chi connectivity index (χ0n) is 10.4. The zero-order chi connectivity index (χ0) is 13.5. The Morgan fingerprint density at radius 3 is 2.84 bits per heavy atom. The molecule has 2 N–H and O–H groups in total. The van der Waals surface area contributed by atoms with Crippen LogP contribution in [0.5, 0.6) is 0 Å². The average Bonchev–Trinajstić information content (AvgIpc) is 2.86. The van der Waals surface area contributed by atoms with Crippen LogP contribution in [-0.2, 0) is 17.6 Å². The molecule has 6 heteroatoms. The number of rotatable bonds is 7. The molecular weight excluding hydrogens is 262 g/mol. The molecule has 0 aliphatic carbocycles. The summed E-state index contributed by atoms with van der Waals surface area (Å²) < 4.78 is 0. The summed E-state index contributed by atoms with van der Waals surface area (Å²) in [6.07, 6.45) is 5.08. The number of pyridine rings is 1. The van der Waals surface area contributed by atoms with Crippen LogP contribution in [0, 0.1) is 0 Å². The molecule has 100 valence electrons. The molecule has 5 nitrogen and oxygen atoms in total. The van der Waals surface area contributed by atoms with Gasteiger partial charge in [-0.25, -0.2) is 4.98 Å². The van der Waals surface area contributed by atoms with Gasteiger partial charge in [0, 0.05) is 30.7 Å². The molecule has 19 heavy (non-hydrogen) atoms. The Bertz CT molecular complexity index is 528. The van der Waals surface area contributed by atoms with Crippen LogP contribution in [0.25, 0.3) is 0 Å². The Kier molecular flexibility index (Phi) is 4.85. The number of aliphatic carboxylic acids is 1. The third-order valence-electron chi connectivity index (χ3n) is 2.59. The van der Waals surface area contributed by atoms with E-state index in [1.807, 2.05) is 17.5 Å². The van der Waals surface area contributed by atoms with Crippen LogP contribution in [0.2, 0.25) is 0 Å². The Morgan fingerprint density at radius 1 is 1.32 bits per heavy atom. The molecule has 2 aromatic heterocycles. The van der Waals surface area contributed by atoms with Crippen LogP contribution < -0.4 is 5.32 Å². The van der Waals surface area contributed by atoms with Gasteiger partial charge in [-0.2, -0.15) is 0 Å². The van der Waals surface area contributed by atoms with Gasteiger partial charge in [0.2, 0.25) is 0 Å². The Balaban J connectivity index is 1.76. The molecule has 0 saturated carbocycles. The number of aryl methyl sites for hydroxylation is 1. The van der Waals surface area contributed by atoms with Crippen molar-refractivity contribution >= 4 is 22.4 Å². The number of thiazole rings is 1. The summed E-state index contributed by atoms with van der Waals surface area (Å²) in [6, 6.07) is 3.98. The molecule has 0 radical (unpaired) electrons. The zero-order valence-corrected chi connectivity index (χ0v) is 11.2. The molecular formula is C13H15N3O2S. The number of aromatic nitrogens is 2. The van der Waals surface area contributed by atoms with E-state index >= 15 is 0 Å². The molecule has 0 aromatic carbocycles. The van der Waals surface area contributed by atoms with Crippen molar-refractivity contribution in [3.8, 4) is 0 Å². The number of hydrogen-bond acceptors (Lipinski definition) is 5. The SMILES string of the molecule is O=C(O)CCc1csc(NCCc2ccncc2)n1. The highest BCUT2D eigenvalue weighted by Crippen LogP contribution is 2.16. The normalized spacial score (nSPS) is 10.3. The van der Waals surface area contributed by atoms with Crippen LogP contribution in [0.1, 0.15) is 17.7 Å². The van der Waals surface area contributed by atoms with Gasteiger partial charge in [-0.15, -0.1) is 11.3 Å². The molecule has 0 spiro atoms. The van der Waals surface area contributed by atoms with Crippen LogP contribution in [0.3, 0.4) is 0 Å². The van der Waals surface area contributed by atoms with Crippen LogP contribution >= 0.6 is 11.3 Å². The van der Waals surface area contributed by atoms with Crippen molar-refractivity contribution in [2.24, 2.45) is 0 Å². The summed E-state index contributed by atoms with van der Waals surface area (Å²) in [5.41, 5.74) is 2.06. The molecule has 0 bridgehead atoms. The lowest BCUT2D eigenvalue weighted by Gasteiger charge is -2.02. The molecule has 0 atom stereocenters. The van der Waals surface area contributed by atoms with Gasteiger partial charge in [-0.3, -0.25) is 9.78 Å². The second-order valence-electron chi connectivity index (χ2n) is 4.07. The molecule has 0 amide bonds. The lowest BCUT2D eigenvalue weighted by Crippen LogP contribution is -2.05. The van der Waals surface area contributed by atoms with Crippen molar-refractivity contribution in [1.82, 2.24) is 9.97 Å². The summed E-state index contributed by atoms with van der Waals surface area (Å²) in [6.45, 7) is 0.801. The third kappa shape index (κ3) is 4.67. The van der Waals surface area contributed by atoms with Crippen LogP contribution in [0.15, 0.2) is 29.9 Å². The fourth-order valence-corrected chi connectivity index (χ4v) is 2.37. The first-order chi connectivity index (χ1) is 9.24. The van der Waals surface area contributed by atoms with Gasteiger partial charge in [-0.05, 0) is 24.1 Å². The first-order valence-electron chi connectivity index (χ1n) is 6.03. The first kappa shape index (κ1) is 13.5. The van der Waals surface area contributed by atoms with Crippen LogP contribution in [-0.4, -0.2) is 27.6 Å². The number of carboxylic acids is 1. The van der Waals surface area contributed by atoms with E-state index < -0.39 is 5.97 Å². The number of nitrogens with one attached hydrogen (secondary N) is 1. The van der Waals surface area contributed by atoms with E-state index in [1.54, 1.807) is 12.4 Å². The highest BCUT2D eigenvalue weighted by molar-refractivity contribution is 7.13. The van der Waals surface area contributed by atoms with Gasteiger partial charge in [0.25, 0.3) is 0 Å². The first-order valence-corrected chi connectivity index (χ1v) is 6.91. The minimum atomic E-state index is -0.791. The lowest BCUT2D eigenvalue weighted by atomic mass is 10.2. The number of anilines is 1. The van der Waals surface area contributed by atoms with E-state index in [9.17, 15) is 4.79 Å². The van der Waals surface area contributed by atoms with E-state index in [4.69, 9.17) is 5.11 Å². The third-order valence-corrected chi connectivity index (χ3v) is 3.43. The van der Waals surface area contributed by atoms with Gasteiger partial charge >= 0.3 is 5.97 Å². The predicted octanol–water partition coefficient (Wildman–Crippen LogP) is 2.21. The molecule has 0 aliphatic rings. The van der Waals surface area contributed by atoms with E-state index in [0.717, 1.165) is 23.8 Å². The second kappa shape index (κ2) is 6.84. The van der Waals surface area contributed by atoms with Crippen molar-refractivity contribution in [1.29, 1.82) is 0 Å². The fraction of sp³-hybridized carbons (Fsp3) is 0.308. The Hall–Kier alpha value is -1.95.